The van der Waals surface area contributed by atoms with Crippen molar-refractivity contribution in [2.24, 2.45) is 0 Å². The molecule has 0 aliphatic carbocycles. The Balaban J connectivity index is 1.58. The lowest BCUT2D eigenvalue weighted by molar-refractivity contribution is 0.0792. The number of pyridine rings is 1. The molecule has 4 nitrogen and oxygen atoms in total. The Morgan fingerprint density at radius 3 is 3.00 bits per heavy atom. The lowest BCUT2D eigenvalue weighted by Crippen LogP contribution is -2.28. The summed E-state index contributed by atoms with van der Waals surface area (Å²) in [6.07, 6.45) is 4.54. The van der Waals surface area contributed by atoms with Gasteiger partial charge in [-0.05, 0) is 36.6 Å². The number of fused-ring (bicyclic) bond motifs is 1. The average molecular weight is 305 g/mol. The molecule has 0 saturated carbocycles. The SMILES string of the molecule is Cc1ccccc1[C@H]1CCN(C(=O)c2c[nH]c3ncccc23)C1. The first-order valence-electron chi connectivity index (χ1n) is 8.01. The van der Waals surface area contributed by atoms with E-state index in [9.17, 15) is 4.79 Å². The zero-order chi connectivity index (χ0) is 15.8. The van der Waals surface area contributed by atoms with E-state index in [-0.39, 0.29) is 5.91 Å². The second-order valence-corrected chi connectivity index (χ2v) is 6.20. The third-order valence-electron chi connectivity index (χ3n) is 4.79. The van der Waals surface area contributed by atoms with Crippen LogP contribution in [0.25, 0.3) is 11.0 Å². The fourth-order valence-electron chi connectivity index (χ4n) is 3.55. The van der Waals surface area contributed by atoms with Crippen molar-refractivity contribution in [1.82, 2.24) is 14.9 Å². The highest BCUT2D eigenvalue weighted by Crippen LogP contribution is 2.30. The van der Waals surface area contributed by atoms with Gasteiger partial charge in [-0.2, -0.15) is 0 Å². The second kappa shape index (κ2) is 5.54. The molecule has 116 valence electrons. The fraction of sp³-hybridized carbons (Fsp3) is 0.263. The highest BCUT2D eigenvalue weighted by atomic mass is 16.2. The number of H-pyrrole nitrogens is 1. The number of aromatic amines is 1. The number of likely N-dealkylation sites (tertiary alicyclic amines) is 1. The van der Waals surface area contributed by atoms with E-state index in [1.165, 1.54) is 11.1 Å². The van der Waals surface area contributed by atoms with Crippen LogP contribution in [0.5, 0.6) is 0 Å². The summed E-state index contributed by atoms with van der Waals surface area (Å²) >= 11 is 0. The summed E-state index contributed by atoms with van der Waals surface area (Å²) in [5.41, 5.74) is 4.16. The van der Waals surface area contributed by atoms with Crippen molar-refractivity contribution in [1.29, 1.82) is 0 Å². The standard InChI is InChI=1S/C19H19N3O/c1-13-5-2-3-6-15(13)14-8-10-22(12-14)19(23)17-11-21-18-16(17)7-4-9-20-18/h2-7,9,11,14H,8,10,12H2,1H3,(H,20,21)/t14-/m0/s1. The van der Waals surface area contributed by atoms with E-state index in [0.717, 1.165) is 36.1 Å². The van der Waals surface area contributed by atoms with Crippen LogP contribution in [0.1, 0.15) is 33.8 Å². The van der Waals surface area contributed by atoms with Crippen molar-refractivity contribution in [3.8, 4) is 0 Å². The van der Waals surface area contributed by atoms with Crippen LogP contribution >= 0.6 is 0 Å². The van der Waals surface area contributed by atoms with Crippen LogP contribution in [0, 0.1) is 6.92 Å². The summed E-state index contributed by atoms with van der Waals surface area (Å²) in [5.74, 6) is 0.531. The van der Waals surface area contributed by atoms with E-state index in [1.54, 1.807) is 12.4 Å². The van der Waals surface area contributed by atoms with Gasteiger partial charge in [0.1, 0.15) is 5.65 Å². The molecule has 1 saturated heterocycles. The van der Waals surface area contributed by atoms with Gasteiger partial charge in [0.25, 0.3) is 5.91 Å². The Hall–Kier alpha value is -2.62. The topological polar surface area (TPSA) is 49.0 Å². The van der Waals surface area contributed by atoms with Crippen LogP contribution in [0.3, 0.4) is 0 Å². The molecule has 1 fully saturated rings. The Morgan fingerprint density at radius 2 is 2.13 bits per heavy atom. The van der Waals surface area contributed by atoms with Gasteiger partial charge < -0.3 is 9.88 Å². The zero-order valence-corrected chi connectivity index (χ0v) is 13.1. The molecule has 1 atom stereocenters. The van der Waals surface area contributed by atoms with Crippen molar-refractivity contribution < 1.29 is 4.79 Å². The van der Waals surface area contributed by atoms with Crippen molar-refractivity contribution in [3.63, 3.8) is 0 Å². The summed E-state index contributed by atoms with van der Waals surface area (Å²) in [5, 5.41) is 0.900. The predicted molar refractivity (Wildman–Crippen MR) is 90.5 cm³/mol. The Kier molecular flexibility index (Phi) is 3.37. The van der Waals surface area contributed by atoms with Gasteiger partial charge in [-0.15, -0.1) is 0 Å². The van der Waals surface area contributed by atoms with Crippen molar-refractivity contribution >= 4 is 16.9 Å². The summed E-state index contributed by atoms with van der Waals surface area (Å²) < 4.78 is 0. The summed E-state index contributed by atoms with van der Waals surface area (Å²) in [6.45, 7) is 3.74. The van der Waals surface area contributed by atoms with Crippen molar-refractivity contribution in [2.75, 3.05) is 13.1 Å². The molecule has 1 aromatic carbocycles. The third-order valence-corrected chi connectivity index (χ3v) is 4.79. The van der Waals surface area contributed by atoms with Crippen molar-refractivity contribution in [2.45, 2.75) is 19.3 Å². The number of amides is 1. The van der Waals surface area contributed by atoms with Gasteiger partial charge in [0.2, 0.25) is 0 Å². The normalized spacial score (nSPS) is 17.8. The Bertz CT molecular complexity index is 868. The largest absolute Gasteiger partial charge is 0.345 e. The second-order valence-electron chi connectivity index (χ2n) is 6.20. The maximum atomic E-state index is 12.9. The molecular weight excluding hydrogens is 286 g/mol. The fourth-order valence-corrected chi connectivity index (χ4v) is 3.55. The minimum Gasteiger partial charge on any atom is -0.345 e. The molecule has 4 rings (SSSR count). The first-order valence-corrected chi connectivity index (χ1v) is 8.01. The number of carbonyl (C=O) groups is 1. The number of hydrogen-bond donors (Lipinski definition) is 1. The number of benzene rings is 1. The van der Waals surface area contributed by atoms with Crippen LogP contribution in [0.15, 0.2) is 48.8 Å². The number of carbonyl (C=O) groups excluding carboxylic acids is 1. The van der Waals surface area contributed by atoms with Crippen LogP contribution in [0.4, 0.5) is 0 Å². The van der Waals surface area contributed by atoms with Crippen LogP contribution in [-0.4, -0.2) is 33.9 Å². The number of nitrogens with zero attached hydrogens (tertiary/aromatic N) is 2. The maximum Gasteiger partial charge on any atom is 0.256 e. The molecule has 0 radical (unpaired) electrons. The lowest BCUT2D eigenvalue weighted by atomic mass is 9.94. The van der Waals surface area contributed by atoms with E-state index in [4.69, 9.17) is 0 Å². The molecule has 0 unspecified atom stereocenters. The maximum absolute atomic E-state index is 12.9. The highest BCUT2D eigenvalue weighted by Gasteiger charge is 2.29. The molecule has 3 aromatic rings. The number of aromatic nitrogens is 2. The van der Waals surface area contributed by atoms with E-state index >= 15 is 0 Å². The first-order chi connectivity index (χ1) is 11.2. The summed E-state index contributed by atoms with van der Waals surface area (Å²) in [4.78, 5) is 22.2. The van der Waals surface area contributed by atoms with Crippen LogP contribution in [-0.2, 0) is 0 Å². The Morgan fingerprint density at radius 1 is 1.26 bits per heavy atom. The zero-order valence-electron chi connectivity index (χ0n) is 13.1. The number of nitrogens with one attached hydrogen (secondary N) is 1. The molecule has 2 aromatic heterocycles. The molecule has 3 heterocycles. The highest BCUT2D eigenvalue weighted by molar-refractivity contribution is 6.06. The first kappa shape index (κ1) is 14.0. The van der Waals surface area contributed by atoms with Gasteiger partial charge >= 0.3 is 0 Å². The minimum atomic E-state index is 0.0975. The molecule has 0 spiro atoms. The average Bonchev–Trinajstić information content (AvgIpc) is 3.22. The summed E-state index contributed by atoms with van der Waals surface area (Å²) in [6, 6.07) is 12.3. The number of hydrogen-bond acceptors (Lipinski definition) is 2. The van der Waals surface area contributed by atoms with Gasteiger partial charge in [-0.1, -0.05) is 24.3 Å². The predicted octanol–water partition coefficient (Wildman–Crippen LogP) is 3.50. The van der Waals surface area contributed by atoms with Gasteiger partial charge in [0.15, 0.2) is 0 Å². The monoisotopic (exact) mass is 305 g/mol. The smallest absolute Gasteiger partial charge is 0.256 e. The van der Waals surface area contributed by atoms with Gasteiger partial charge in [0, 0.05) is 36.8 Å². The Labute approximate surface area is 135 Å². The van der Waals surface area contributed by atoms with Crippen molar-refractivity contribution in [3.05, 3.63) is 65.5 Å². The molecule has 1 N–H and O–H groups in total. The lowest BCUT2D eigenvalue weighted by Gasteiger charge is -2.17. The van der Waals surface area contributed by atoms with E-state index < -0.39 is 0 Å². The van der Waals surface area contributed by atoms with Gasteiger partial charge in [-0.25, -0.2) is 4.98 Å². The molecule has 0 bridgehead atoms. The minimum absolute atomic E-state index is 0.0975. The van der Waals surface area contributed by atoms with Gasteiger partial charge in [0.05, 0.1) is 5.56 Å². The molecular formula is C19H19N3O. The molecule has 4 heteroatoms. The number of aryl methyl sites for hydroxylation is 1. The van der Waals surface area contributed by atoms with Gasteiger partial charge in [-0.3, -0.25) is 4.79 Å². The molecule has 1 aliphatic rings. The quantitative estimate of drug-likeness (QED) is 0.787. The van der Waals surface area contributed by atoms with Crippen LogP contribution in [0.2, 0.25) is 0 Å². The molecule has 23 heavy (non-hydrogen) atoms. The van der Waals surface area contributed by atoms with Crippen LogP contribution < -0.4 is 0 Å². The van der Waals surface area contributed by atoms with E-state index in [1.807, 2.05) is 17.0 Å². The molecule has 1 aliphatic heterocycles. The summed E-state index contributed by atoms with van der Waals surface area (Å²) in [7, 11) is 0. The third kappa shape index (κ3) is 2.40. The van der Waals surface area contributed by atoms with E-state index in [0.29, 0.717) is 5.92 Å². The van der Waals surface area contributed by atoms with E-state index in [2.05, 4.69) is 41.2 Å². The number of rotatable bonds is 2. The molecule has 1 amide bonds.